The molecule has 0 spiro atoms. The lowest BCUT2D eigenvalue weighted by atomic mass is 10.1. The molecule has 2 heterocycles. The molecule has 0 amide bonds. The molecule has 0 saturated carbocycles. The van der Waals surface area contributed by atoms with Crippen molar-refractivity contribution >= 4 is 15.9 Å². The minimum atomic E-state index is 0.368. The van der Waals surface area contributed by atoms with Gasteiger partial charge in [0.25, 0.3) is 0 Å². The molecule has 2 atom stereocenters. The number of halogens is 1. The van der Waals surface area contributed by atoms with E-state index in [0.29, 0.717) is 12.6 Å². The zero-order chi connectivity index (χ0) is 14.7. The molecule has 2 aliphatic heterocycles. The van der Waals surface area contributed by atoms with Crippen LogP contribution in [-0.2, 0) is 0 Å². The van der Waals surface area contributed by atoms with Crippen LogP contribution in [0.1, 0.15) is 37.3 Å². The van der Waals surface area contributed by atoms with Crippen molar-refractivity contribution in [2.75, 3.05) is 32.7 Å². The predicted octanol–water partition coefficient (Wildman–Crippen LogP) is 3.01. The van der Waals surface area contributed by atoms with Crippen LogP contribution in [0.5, 0.6) is 0 Å². The van der Waals surface area contributed by atoms with Gasteiger partial charge in [-0.25, -0.2) is 0 Å². The zero-order valence-corrected chi connectivity index (χ0v) is 14.3. The van der Waals surface area contributed by atoms with Crippen molar-refractivity contribution in [3.63, 3.8) is 0 Å². The van der Waals surface area contributed by atoms with Crippen LogP contribution in [0.4, 0.5) is 0 Å². The summed E-state index contributed by atoms with van der Waals surface area (Å²) in [6.45, 7) is 5.65. The maximum Gasteiger partial charge on any atom is 0.0471 e. The fraction of sp³-hybridized carbons (Fsp3) is 0.647. The summed E-state index contributed by atoms with van der Waals surface area (Å²) in [6, 6.07) is 9.76. The van der Waals surface area contributed by atoms with Crippen LogP contribution >= 0.6 is 15.9 Å². The molecule has 1 aromatic carbocycles. The number of hydrogen-bond acceptors (Lipinski definition) is 3. The highest BCUT2D eigenvalue weighted by Crippen LogP contribution is 2.28. The standard InChI is InChI=1S/C17H26BrN3/c18-15-6-4-14(5-7-15)17(12-19)21-11-8-16(13-21)20-9-2-1-3-10-20/h4-7,16-17H,1-3,8-13,19H2. The molecule has 3 rings (SSSR count). The molecule has 21 heavy (non-hydrogen) atoms. The first-order chi connectivity index (χ1) is 10.3. The normalized spacial score (nSPS) is 26.1. The van der Waals surface area contributed by atoms with Crippen molar-refractivity contribution in [1.29, 1.82) is 0 Å². The third kappa shape index (κ3) is 3.67. The highest BCUT2D eigenvalue weighted by molar-refractivity contribution is 9.10. The third-order valence-corrected chi connectivity index (χ3v) is 5.55. The first kappa shape index (κ1) is 15.5. The van der Waals surface area contributed by atoms with Crippen molar-refractivity contribution < 1.29 is 0 Å². The summed E-state index contributed by atoms with van der Waals surface area (Å²) in [5, 5.41) is 0. The molecular formula is C17H26BrN3. The maximum absolute atomic E-state index is 6.08. The minimum absolute atomic E-state index is 0.368. The summed E-state index contributed by atoms with van der Waals surface area (Å²) in [5.74, 6) is 0. The second-order valence-electron chi connectivity index (χ2n) is 6.34. The highest BCUT2D eigenvalue weighted by Gasteiger charge is 2.32. The molecule has 2 fully saturated rings. The van der Waals surface area contributed by atoms with Crippen LogP contribution in [-0.4, -0.2) is 48.6 Å². The number of rotatable bonds is 4. The van der Waals surface area contributed by atoms with Gasteiger partial charge in [0.2, 0.25) is 0 Å². The first-order valence-electron chi connectivity index (χ1n) is 8.21. The van der Waals surface area contributed by atoms with E-state index in [1.165, 1.54) is 57.4 Å². The lowest BCUT2D eigenvalue weighted by Crippen LogP contribution is -2.42. The maximum atomic E-state index is 6.08. The summed E-state index contributed by atoms with van der Waals surface area (Å²) in [6.07, 6.45) is 5.47. The van der Waals surface area contributed by atoms with E-state index < -0.39 is 0 Å². The molecular weight excluding hydrogens is 326 g/mol. The van der Waals surface area contributed by atoms with Gasteiger partial charge in [-0.05, 0) is 50.0 Å². The average molecular weight is 352 g/mol. The van der Waals surface area contributed by atoms with E-state index in [-0.39, 0.29) is 0 Å². The molecule has 1 aromatic rings. The number of hydrogen-bond donors (Lipinski definition) is 1. The van der Waals surface area contributed by atoms with Gasteiger partial charge in [-0.15, -0.1) is 0 Å². The molecule has 2 aliphatic rings. The molecule has 4 heteroatoms. The Kier molecular flexibility index (Phi) is 5.33. The Morgan fingerprint density at radius 2 is 1.81 bits per heavy atom. The van der Waals surface area contributed by atoms with E-state index in [2.05, 4.69) is 50.0 Å². The average Bonchev–Trinajstić information content (AvgIpc) is 3.00. The molecule has 0 radical (unpaired) electrons. The Morgan fingerprint density at radius 3 is 2.48 bits per heavy atom. The van der Waals surface area contributed by atoms with Crippen LogP contribution in [0.25, 0.3) is 0 Å². The van der Waals surface area contributed by atoms with Crippen molar-refractivity contribution in [2.24, 2.45) is 5.73 Å². The highest BCUT2D eigenvalue weighted by atomic mass is 79.9. The minimum Gasteiger partial charge on any atom is -0.329 e. The van der Waals surface area contributed by atoms with Crippen LogP contribution < -0.4 is 5.73 Å². The number of nitrogens with zero attached hydrogens (tertiary/aromatic N) is 2. The van der Waals surface area contributed by atoms with Crippen molar-refractivity contribution in [2.45, 2.75) is 37.8 Å². The van der Waals surface area contributed by atoms with Crippen molar-refractivity contribution in [1.82, 2.24) is 9.80 Å². The van der Waals surface area contributed by atoms with Gasteiger partial charge in [-0.1, -0.05) is 34.5 Å². The SMILES string of the molecule is NCC(c1ccc(Br)cc1)N1CCC(N2CCCCC2)C1. The molecule has 2 saturated heterocycles. The molecule has 116 valence electrons. The number of benzene rings is 1. The number of nitrogens with two attached hydrogens (primary N) is 1. The quantitative estimate of drug-likeness (QED) is 0.904. The van der Waals surface area contributed by atoms with Crippen LogP contribution in [0.3, 0.4) is 0 Å². The van der Waals surface area contributed by atoms with Crippen LogP contribution in [0.15, 0.2) is 28.7 Å². The van der Waals surface area contributed by atoms with E-state index in [9.17, 15) is 0 Å². The molecule has 3 nitrogen and oxygen atoms in total. The molecule has 0 bridgehead atoms. The smallest absolute Gasteiger partial charge is 0.0471 e. The van der Waals surface area contributed by atoms with Gasteiger partial charge in [0.15, 0.2) is 0 Å². The van der Waals surface area contributed by atoms with Gasteiger partial charge >= 0.3 is 0 Å². The van der Waals surface area contributed by atoms with Gasteiger partial charge in [-0.2, -0.15) is 0 Å². The van der Waals surface area contributed by atoms with E-state index in [1.807, 2.05) is 0 Å². The van der Waals surface area contributed by atoms with E-state index in [4.69, 9.17) is 5.73 Å². The summed E-state index contributed by atoms with van der Waals surface area (Å²) in [4.78, 5) is 5.29. The summed E-state index contributed by atoms with van der Waals surface area (Å²) < 4.78 is 1.13. The molecule has 0 aliphatic carbocycles. The summed E-state index contributed by atoms with van der Waals surface area (Å²) in [5.41, 5.74) is 7.43. The van der Waals surface area contributed by atoms with E-state index >= 15 is 0 Å². The van der Waals surface area contributed by atoms with Crippen molar-refractivity contribution in [3.05, 3.63) is 34.3 Å². The zero-order valence-electron chi connectivity index (χ0n) is 12.7. The van der Waals surface area contributed by atoms with Gasteiger partial charge in [0.1, 0.15) is 0 Å². The van der Waals surface area contributed by atoms with Crippen LogP contribution in [0, 0.1) is 0 Å². The summed E-state index contributed by atoms with van der Waals surface area (Å²) in [7, 11) is 0. The van der Waals surface area contributed by atoms with Gasteiger partial charge < -0.3 is 5.73 Å². The third-order valence-electron chi connectivity index (χ3n) is 5.02. The predicted molar refractivity (Wildman–Crippen MR) is 91.3 cm³/mol. The fourth-order valence-corrected chi connectivity index (χ4v) is 4.08. The van der Waals surface area contributed by atoms with Gasteiger partial charge in [0, 0.05) is 36.2 Å². The lowest BCUT2D eigenvalue weighted by molar-refractivity contribution is 0.153. The molecule has 2 N–H and O–H groups in total. The lowest BCUT2D eigenvalue weighted by Gasteiger charge is -2.33. The van der Waals surface area contributed by atoms with Gasteiger partial charge in [-0.3, -0.25) is 9.80 Å². The topological polar surface area (TPSA) is 32.5 Å². The first-order valence-corrected chi connectivity index (χ1v) is 9.01. The molecule has 0 aromatic heterocycles. The van der Waals surface area contributed by atoms with Gasteiger partial charge in [0.05, 0.1) is 0 Å². The van der Waals surface area contributed by atoms with E-state index in [0.717, 1.165) is 10.5 Å². The Balaban J connectivity index is 1.64. The van der Waals surface area contributed by atoms with E-state index in [1.54, 1.807) is 0 Å². The second kappa shape index (κ2) is 7.23. The number of likely N-dealkylation sites (tertiary alicyclic amines) is 2. The molecule has 2 unspecified atom stereocenters. The fourth-order valence-electron chi connectivity index (χ4n) is 3.81. The van der Waals surface area contributed by atoms with Crippen LogP contribution in [0.2, 0.25) is 0 Å². The number of piperidine rings is 1. The largest absolute Gasteiger partial charge is 0.329 e. The Labute approximate surface area is 136 Å². The Bertz CT molecular complexity index is 442. The summed E-state index contributed by atoms with van der Waals surface area (Å²) >= 11 is 3.51. The monoisotopic (exact) mass is 351 g/mol. The Hall–Kier alpha value is -0.420. The van der Waals surface area contributed by atoms with Crippen molar-refractivity contribution in [3.8, 4) is 0 Å². The Morgan fingerprint density at radius 1 is 1.10 bits per heavy atom. The second-order valence-corrected chi connectivity index (χ2v) is 7.25.